The molecule has 2 heterocycles. The third-order valence-corrected chi connectivity index (χ3v) is 2.80. The lowest BCUT2D eigenvalue weighted by molar-refractivity contribution is 0.829. The predicted octanol–water partition coefficient (Wildman–Crippen LogP) is 1.41. The number of nitrogen functional groups attached to an aromatic ring is 1. The van der Waals surface area contributed by atoms with Crippen molar-refractivity contribution in [3.63, 3.8) is 0 Å². The van der Waals surface area contributed by atoms with Crippen LogP contribution in [-0.2, 0) is 6.54 Å². The molecule has 0 bridgehead atoms. The van der Waals surface area contributed by atoms with Gasteiger partial charge in [-0.15, -0.1) is 0 Å². The van der Waals surface area contributed by atoms with Crippen LogP contribution in [0.25, 0.3) is 0 Å². The summed E-state index contributed by atoms with van der Waals surface area (Å²) in [7, 11) is 1.89. The van der Waals surface area contributed by atoms with Crippen LogP contribution in [0.1, 0.15) is 22.8 Å². The summed E-state index contributed by atoms with van der Waals surface area (Å²) in [5.74, 6) is 0.484. The Morgan fingerprint density at radius 2 is 1.95 bits per heavy atom. The monoisotopic (exact) mass is 270 g/mol. The van der Waals surface area contributed by atoms with Crippen molar-refractivity contribution in [1.82, 2.24) is 15.0 Å². The van der Waals surface area contributed by atoms with Crippen molar-refractivity contribution in [2.24, 2.45) is 5.73 Å². The van der Waals surface area contributed by atoms with Gasteiger partial charge in [0.25, 0.3) is 0 Å². The number of aryl methyl sites for hydroxylation is 2. The number of hydrogen-bond donors (Lipinski definition) is 2. The number of anilines is 1. The highest BCUT2D eigenvalue weighted by Crippen LogP contribution is 2.11. The summed E-state index contributed by atoms with van der Waals surface area (Å²) in [6.45, 7) is 4.42. The highest BCUT2D eigenvalue weighted by molar-refractivity contribution is 5.93. The molecule has 0 unspecified atom stereocenters. The fourth-order valence-electron chi connectivity index (χ4n) is 1.86. The van der Waals surface area contributed by atoms with Crippen molar-refractivity contribution in [1.29, 1.82) is 5.41 Å². The van der Waals surface area contributed by atoms with Gasteiger partial charge in [0.1, 0.15) is 11.5 Å². The molecule has 0 aliphatic carbocycles. The van der Waals surface area contributed by atoms with E-state index in [0.29, 0.717) is 18.2 Å². The van der Waals surface area contributed by atoms with Gasteiger partial charge in [0.2, 0.25) is 5.95 Å². The minimum absolute atomic E-state index is 0.0566. The van der Waals surface area contributed by atoms with Gasteiger partial charge in [0, 0.05) is 18.4 Å². The molecule has 0 radical (unpaired) electrons. The Morgan fingerprint density at radius 3 is 2.60 bits per heavy atom. The van der Waals surface area contributed by atoms with Crippen molar-refractivity contribution < 1.29 is 0 Å². The van der Waals surface area contributed by atoms with Gasteiger partial charge in [-0.3, -0.25) is 10.4 Å². The Balaban J connectivity index is 2.25. The first-order valence-corrected chi connectivity index (χ1v) is 6.29. The van der Waals surface area contributed by atoms with Crippen LogP contribution in [0.2, 0.25) is 0 Å². The quantitative estimate of drug-likeness (QED) is 0.647. The standard InChI is InChI=1S/C14H18N6/c1-9-5-4-6-11(17-9)8-20(3)14-18-10(2)7-12(19-14)13(15)16/h4-7H,8H2,1-3H3,(H3,15,16). The third-order valence-electron chi connectivity index (χ3n) is 2.80. The van der Waals surface area contributed by atoms with Crippen molar-refractivity contribution >= 4 is 11.8 Å². The van der Waals surface area contributed by atoms with Crippen LogP contribution in [0.3, 0.4) is 0 Å². The number of rotatable bonds is 4. The second-order valence-corrected chi connectivity index (χ2v) is 4.73. The molecule has 20 heavy (non-hydrogen) atoms. The highest BCUT2D eigenvalue weighted by Gasteiger charge is 2.10. The molecule has 2 aromatic heterocycles. The molecule has 2 rings (SSSR count). The van der Waals surface area contributed by atoms with Crippen LogP contribution in [-0.4, -0.2) is 27.8 Å². The molecule has 3 N–H and O–H groups in total. The number of amidine groups is 1. The van der Waals surface area contributed by atoms with Crippen molar-refractivity contribution in [3.05, 3.63) is 47.0 Å². The maximum Gasteiger partial charge on any atom is 0.226 e. The van der Waals surface area contributed by atoms with E-state index in [1.807, 2.05) is 44.0 Å². The average molecular weight is 270 g/mol. The Morgan fingerprint density at radius 1 is 1.20 bits per heavy atom. The van der Waals surface area contributed by atoms with Gasteiger partial charge in [0.05, 0.1) is 12.2 Å². The Kier molecular flexibility index (Phi) is 3.93. The molecular weight excluding hydrogens is 252 g/mol. The lowest BCUT2D eigenvalue weighted by Crippen LogP contribution is -2.23. The van der Waals surface area contributed by atoms with E-state index in [4.69, 9.17) is 11.1 Å². The minimum atomic E-state index is -0.0566. The molecule has 0 aliphatic heterocycles. The molecule has 2 aromatic rings. The van der Waals surface area contributed by atoms with Crippen molar-refractivity contribution in [2.45, 2.75) is 20.4 Å². The van der Waals surface area contributed by atoms with Crippen molar-refractivity contribution in [3.8, 4) is 0 Å². The first-order valence-electron chi connectivity index (χ1n) is 6.29. The summed E-state index contributed by atoms with van der Waals surface area (Å²) >= 11 is 0. The van der Waals surface area contributed by atoms with Gasteiger partial charge in [-0.1, -0.05) is 6.07 Å². The maximum atomic E-state index is 7.48. The van der Waals surface area contributed by atoms with E-state index in [9.17, 15) is 0 Å². The number of nitrogens with one attached hydrogen (secondary N) is 1. The molecule has 0 aromatic carbocycles. The summed E-state index contributed by atoms with van der Waals surface area (Å²) < 4.78 is 0. The molecule has 0 atom stereocenters. The van der Waals surface area contributed by atoms with Crippen LogP contribution in [0, 0.1) is 19.3 Å². The van der Waals surface area contributed by atoms with Crippen molar-refractivity contribution in [2.75, 3.05) is 11.9 Å². The van der Waals surface area contributed by atoms with E-state index in [1.54, 1.807) is 6.07 Å². The van der Waals surface area contributed by atoms with E-state index < -0.39 is 0 Å². The van der Waals surface area contributed by atoms with Gasteiger partial charge in [-0.2, -0.15) is 0 Å². The van der Waals surface area contributed by atoms with Gasteiger partial charge in [-0.25, -0.2) is 9.97 Å². The van der Waals surface area contributed by atoms with Gasteiger partial charge < -0.3 is 10.6 Å². The van der Waals surface area contributed by atoms with Crippen LogP contribution in [0.15, 0.2) is 24.3 Å². The van der Waals surface area contributed by atoms with Gasteiger partial charge in [-0.05, 0) is 32.0 Å². The lowest BCUT2D eigenvalue weighted by Gasteiger charge is -2.17. The van der Waals surface area contributed by atoms with E-state index in [2.05, 4.69) is 15.0 Å². The molecule has 104 valence electrons. The third kappa shape index (κ3) is 3.28. The molecular formula is C14H18N6. The van der Waals surface area contributed by atoms with E-state index in [0.717, 1.165) is 17.1 Å². The molecule has 6 heteroatoms. The smallest absolute Gasteiger partial charge is 0.226 e. The molecule has 0 amide bonds. The molecule has 6 nitrogen and oxygen atoms in total. The van der Waals surface area contributed by atoms with E-state index >= 15 is 0 Å². The molecule has 0 saturated heterocycles. The molecule has 0 aliphatic rings. The van der Waals surface area contributed by atoms with E-state index in [1.165, 1.54) is 0 Å². The normalized spacial score (nSPS) is 10.3. The number of aromatic nitrogens is 3. The zero-order valence-corrected chi connectivity index (χ0v) is 11.9. The zero-order valence-electron chi connectivity index (χ0n) is 11.9. The summed E-state index contributed by atoms with van der Waals surface area (Å²) in [5, 5.41) is 7.48. The van der Waals surface area contributed by atoms with E-state index in [-0.39, 0.29) is 5.84 Å². The summed E-state index contributed by atoms with van der Waals surface area (Å²) in [6, 6.07) is 7.60. The lowest BCUT2D eigenvalue weighted by atomic mass is 10.3. The summed E-state index contributed by atoms with van der Waals surface area (Å²) in [4.78, 5) is 15.0. The SMILES string of the molecule is Cc1cccc(CN(C)c2nc(C)cc(C(=N)N)n2)n1. The van der Waals surface area contributed by atoms with Crippen LogP contribution in [0.5, 0.6) is 0 Å². The minimum Gasteiger partial charge on any atom is -0.382 e. The average Bonchev–Trinajstić information content (AvgIpc) is 2.37. The number of nitrogens with zero attached hydrogens (tertiary/aromatic N) is 4. The maximum absolute atomic E-state index is 7.48. The fourth-order valence-corrected chi connectivity index (χ4v) is 1.86. The van der Waals surface area contributed by atoms with Crippen LogP contribution in [0.4, 0.5) is 5.95 Å². The summed E-state index contributed by atoms with van der Waals surface area (Å²) in [5.41, 5.74) is 8.63. The Bertz CT molecular complexity index is 637. The van der Waals surface area contributed by atoms with Crippen LogP contribution < -0.4 is 10.6 Å². The molecule has 0 saturated carbocycles. The second kappa shape index (κ2) is 5.64. The van der Waals surface area contributed by atoms with Gasteiger partial charge >= 0.3 is 0 Å². The second-order valence-electron chi connectivity index (χ2n) is 4.73. The first-order chi connectivity index (χ1) is 9.45. The predicted molar refractivity (Wildman–Crippen MR) is 78.9 cm³/mol. The Labute approximate surface area is 118 Å². The largest absolute Gasteiger partial charge is 0.382 e. The summed E-state index contributed by atoms with van der Waals surface area (Å²) in [6.07, 6.45) is 0. The van der Waals surface area contributed by atoms with Crippen LogP contribution >= 0.6 is 0 Å². The molecule has 0 fully saturated rings. The number of hydrogen-bond acceptors (Lipinski definition) is 5. The Hall–Kier alpha value is -2.50. The fraction of sp³-hybridized carbons (Fsp3) is 0.286. The van der Waals surface area contributed by atoms with Gasteiger partial charge in [0.15, 0.2) is 0 Å². The number of pyridine rings is 1. The topological polar surface area (TPSA) is 91.8 Å². The molecule has 0 spiro atoms. The first kappa shape index (κ1) is 13.9. The highest BCUT2D eigenvalue weighted by atomic mass is 15.2. The number of nitrogens with two attached hydrogens (primary N) is 1. The zero-order chi connectivity index (χ0) is 14.7.